The van der Waals surface area contributed by atoms with Crippen LogP contribution in [0.1, 0.15) is 52.1 Å². The van der Waals surface area contributed by atoms with Crippen molar-refractivity contribution < 1.29 is 4.74 Å². The fourth-order valence-electron chi connectivity index (χ4n) is 2.44. The maximum absolute atomic E-state index is 5.72. The van der Waals surface area contributed by atoms with Crippen LogP contribution in [0.15, 0.2) is 24.3 Å². The Morgan fingerprint density at radius 2 is 1.85 bits per heavy atom. The molecule has 0 fully saturated rings. The smallest absolute Gasteiger partial charge is 0.124 e. The molecule has 1 atom stereocenters. The lowest BCUT2D eigenvalue weighted by molar-refractivity contribution is 0.331. The Hall–Kier alpha value is -0.670. The summed E-state index contributed by atoms with van der Waals surface area (Å²) in [5, 5.41) is 3.69. The van der Waals surface area contributed by atoms with Crippen LogP contribution >= 0.6 is 11.8 Å². The molecule has 1 unspecified atom stereocenters. The molecule has 0 aliphatic heterocycles. The first-order valence-corrected chi connectivity index (χ1v) is 8.85. The van der Waals surface area contributed by atoms with E-state index < -0.39 is 0 Å². The minimum atomic E-state index is 0.308. The lowest BCUT2D eigenvalue weighted by atomic mass is 10.0. The Kier molecular flexibility index (Phi) is 7.46. The Bertz CT molecular complexity index is 382. The van der Waals surface area contributed by atoms with Gasteiger partial charge in [-0.25, -0.2) is 0 Å². The molecular formula is C17H29NOS. The van der Waals surface area contributed by atoms with E-state index in [9.17, 15) is 0 Å². The topological polar surface area (TPSA) is 21.3 Å². The van der Waals surface area contributed by atoms with Gasteiger partial charge in [0.2, 0.25) is 0 Å². The molecule has 114 valence electrons. The lowest BCUT2D eigenvalue weighted by Crippen LogP contribution is -2.37. The van der Waals surface area contributed by atoms with E-state index in [-0.39, 0.29) is 0 Å². The van der Waals surface area contributed by atoms with E-state index in [1.54, 1.807) is 0 Å². The summed E-state index contributed by atoms with van der Waals surface area (Å²) >= 11 is 1.98. The van der Waals surface area contributed by atoms with Gasteiger partial charge in [0.05, 0.1) is 6.61 Å². The van der Waals surface area contributed by atoms with Crippen LogP contribution in [0.5, 0.6) is 5.75 Å². The number of para-hydroxylation sites is 1. The summed E-state index contributed by atoms with van der Waals surface area (Å²) in [5.41, 5.74) is 1.25. The molecule has 2 nitrogen and oxygen atoms in total. The first-order valence-electron chi connectivity index (χ1n) is 7.62. The number of hydrogen-bond donors (Lipinski definition) is 1. The normalized spacial score (nSPS) is 13.2. The van der Waals surface area contributed by atoms with Gasteiger partial charge in [-0.1, -0.05) is 32.0 Å². The molecule has 0 saturated heterocycles. The van der Waals surface area contributed by atoms with Crippen LogP contribution in [-0.2, 0) is 0 Å². The molecule has 0 aliphatic carbocycles. The molecule has 0 amide bonds. The Balaban J connectivity index is 2.73. The summed E-state index contributed by atoms with van der Waals surface area (Å²) < 4.78 is 6.07. The first-order chi connectivity index (χ1) is 9.62. The third-order valence-electron chi connectivity index (χ3n) is 4.14. The third kappa shape index (κ3) is 4.42. The second-order valence-corrected chi connectivity index (χ2v) is 6.44. The average Bonchev–Trinajstić information content (AvgIpc) is 2.50. The maximum atomic E-state index is 5.72. The molecule has 1 aromatic rings. The molecule has 0 saturated carbocycles. The van der Waals surface area contributed by atoms with E-state index in [1.165, 1.54) is 18.4 Å². The molecule has 0 aliphatic rings. The van der Waals surface area contributed by atoms with Gasteiger partial charge in [-0.05, 0) is 39.0 Å². The predicted octanol–water partition coefficient (Wildman–Crippen LogP) is 4.66. The van der Waals surface area contributed by atoms with E-state index in [2.05, 4.69) is 50.5 Å². The van der Waals surface area contributed by atoms with Crippen molar-refractivity contribution in [3.8, 4) is 5.75 Å². The first kappa shape index (κ1) is 17.4. The van der Waals surface area contributed by atoms with Crippen LogP contribution in [0.3, 0.4) is 0 Å². The molecule has 1 rings (SSSR count). The number of thioether (sulfide) groups is 1. The highest BCUT2D eigenvalue weighted by Crippen LogP contribution is 2.31. The predicted molar refractivity (Wildman–Crippen MR) is 90.9 cm³/mol. The van der Waals surface area contributed by atoms with Gasteiger partial charge in [0.25, 0.3) is 0 Å². The van der Waals surface area contributed by atoms with Crippen LogP contribution in [0.25, 0.3) is 0 Å². The van der Waals surface area contributed by atoms with Crippen LogP contribution in [0, 0.1) is 0 Å². The molecular weight excluding hydrogens is 266 g/mol. The largest absolute Gasteiger partial charge is 0.494 e. The van der Waals surface area contributed by atoms with Crippen LogP contribution in [0.2, 0.25) is 0 Å². The van der Waals surface area contributed by atoms with Crippen molar-refractivity contribution in [1.29, 1.82) is 0 Å². The lowest BCUT2D eigenvalue weighted by Gasteiger charge is -2.32. The molecule has 0 radical (unpaired) electrons. The maximum Gasteiger partial charge on any atom is 0.124 e. The van der Waals surface area contributed by atoms with Gasteiger partial charge in [-0.2, -0.15) is 11.8 Å². The summed E-state index contributed by atoms with van der Waals surface area (Å²) in [6.07, 6.45) is 4.60. The summed E-state index contributed by atoms with van der Waals surface area (Å²) in [4.78, 5) is 0. The van der Waals surface area contributed by atoms with Crippen LogP contribution < -0.4 is 10.1 Å². The van der Waals surface area contributed by atoms with E-state index in [0.717, 1.165) is 12.3 Å². The fraction of sp³-hybridized carbons (Fsp3) is 0.647. The van der Waals surface area contributed by atoms with Crippen molar-refractivity contribution in [3.63, 3.8) is 0 Å². The monoisotopic (exact) mass is 295 g/mol. The SMILES string of the molecule is CCOc1ccccc1C(C)NCC(CC)(CC)SC. The summed E-state index contributed by atoms with van der Waals surface area (Å²) in [6.45, 7) is 10.5. The van der Waals surface area contributed by atoms with Gasteiger partial charge >= 0.3 is 0 Å². The van der Waals surface area contributed by atoms with E-state index in [4.69, 9.17) is 4.74 Å². The van der Waals surface area contributed by atoms with Crippen molar-refractivity contribution in [2.45, 2.75) is 51.3 Å². The Morgan fingerprint density at radius 3 is 2.40 bits per heavy atom. The zero-order valence-electron chi connectivity index (χ0n) is 13.5. The van der Waals surface area contributed by atoms with Crippen molar-refractivity contribution in [2.75, 3.05) is 19.4 Å². The number of rotatable bonds is 9. The number of benzene rings is 1. The highest BCUT2D eigenvalue weighted by molar-refractivity contribution is 8.00. The van der Waals surface area contributed by atoms with Crippen LogP contribution in [0.4, 0.5) is 0 Å². The zero-order valence-corrected chi connectivity index (χ0v) is 14.3. The van der Waals surface area contributed by atoms with E-state index in [1.807, 2.05) is 24.8 Å². The van der Waals surface area contributed by atoms with Crippen molar-refractivity contribution >= 4 is 11.8 Å². The summed E-state index contributed by atoms with van der Waals surface area (Å²) in [7, 11) is 0. The van der Waals surface area contributed by atoms with E-state index in [0.29, 0.717) is 17.4 Å². The van der Waals surface area contributed by atoms with Crippen LogP contribution in [-0.4, -0.2) is 24.2 Å². The molecule has 20 heavy (non-hydrogen) atoms. The van der Waals surface area contributed by atoms with Gasteiger partial charge < -0.3 is 10.1 Å². The Morgan fingerprint density at radius 1 is 1.20 bits per heavy atom. The highest BCUT2D eigenvalue weighted by Gasteiger charge is 2.25. The fourth-order valence-corrected chi connectivity index (χ4v) is 3.24. The minimum absolute atomic E-state index is 0.308. The molecule has 0 bridgehead atoms. The van der Waals surface area contributed by atoms with Crippen molar-refractivity contribution in [1.82, 2.24) is 5.32 Å². The Labute approximate surface area is 128 Å². The average molecular weight is 295 g/mol. The van der Waals surface area contributed by atoms with Gasteiger partial charge in [0.15, 0.2) is 0 Å². The highest BCUT2D eigenvalue weighted by atomic mass is 32.2. The second kappa shape index (κ2) is 8.58. The van der Waals surface area contributed by atoms with Gasteiger partial charge in [-0.3, -0.25) is 0 Å². The second-order valence-electron chi connectivity index (χ2n) is 5.17. The number of ether oxygens (including phenoxy) is 1. The van der Waals surface area contributed by atoms with Gasteiger partial charge in [0.1, 0.15) is 5.75 Å². The number of hydrogen-bond acceptors (Lipinski definition) is 3. The third-order valence-corrected chi connectivity index (χ3v) is 5.73. The molecule has 0 aromatic heterocycles. The zero-order chi connectivity index (χ0) is 15.0. The quantitative estimate of drug-likeness (QED) is 0.716. The summed E-state index contributed by atoms with van der Waals surface area (Å²) in [6, 6.07) is 8.63. The van der Waals surface area contributed by atoms with Crippen molar-refractivity contribution in [3.05, 3.63) is 29.8 Å². The molecule has 0 spiro atoms. The standard InChI is InChI=1S/C17H29NOS/c1-6-17(7-2,20-5)13-18-14(4)15-11-9-10-12-16(15)19-8-3/h9-12,14,18H,6-8,13H2,1-5H3. The summed E-state index contributed by atoms with van der Waals surface area (Å²) in [5.74, 6) is 0.998. The minimum Gasteiger partial charge on any atom is -0.494 e. The van der Waals surface area contributed by atoms with E-state index >= 15 is 0 Å². The van der Waals surface area contributed by atoms with Gasteiger partial charge in [-0.15, -0.1) is 0 Å². The van der Waals surface area contributed by atoms with Crippen molar-refractivity contribution in [2.24, 2.45) is 0 Å². The van der Waals surface area contributed by atoms with Gasteiger partial charge in [0, 0.05) is 22.9 Å². The molecule has 3 heteroatoms. The molecule has 0 heterocycles. The molecule has 1 aromatic carbocycles. The molecule has 1 N–H and O–H groups in total. The number of nitrogens with one attached hydrogen (secondary N) is 1.